The molecule has 0 aliphatic carbocycles. The molecule has 1 saturated heterocycles. The van der Waals surface area contributed by atoms with Gasteiger partial charge in [0.25, 0.3) is 0 Å². The Morgan fingerprint density at radius 1 is 1.10 bits per heavy atom. The molecule has 1 aliphatic rings. The van der Waals surface area contributed by atoms with Crippen LogP contribution in [0.25, 0.3) is 21.9 Å². The second-order valence-electron chi connectivity index (χ2n) is 5.55. The van der Waals surface area contributed by atoms with E-state index in [1.807, 2.05) is 6.07 Å². The first-order valence-corrected chi connectivity index (χ1v) is 7.12. The van der Waals surface area contributed by atoms with Crippen molar-refractivity contribution in [3.05, 3.63) is 36.3 Å². The molecule has 1 aromatic carbocycles. The number of furan rings is 1. The number of halogens is 1. The van der Waals surface area contributed by atoms with Crippen LogP contribution in [0.2, 0.25) is 0 Å². The summed E-state index contributed by atoms with van der Waals surface area (Å²) >= 11 is 0. The molecule has 0 radical (unpaired) electrons. The molecule has 0 spiro atoms. The number of likely N-dealkylation sites (N-methyl/N-ethyl adjacent to an activating group) is 1. The molecule has 0 bridgehead atoms. The molecule has 3 heterocycles. The molecule has 2 aromatic heterocycles. The molecule has 1 fully saturated rings. The number of piperazine rings is 1. The quantitative estimate of drug-likeness (QED) is 0.688. The van der Waals surface area contributed by atoms with Gasteiger partial charge in [0.15, 0.2) is 11.4 Å². The standard InChI is InChI=1S/C16H16FN3O/c1-19-5-7-20(8-6-19)16-15-12(4-9-21-15)13-10-11(17)2-3-14(13)18-16/h2-4,9-10H,5-8H2,1H3. The third-order valence-corrected chi connectivity index (χ3v) is 4.15. The van der Waals surface area contributed by atoms with Crippen molar-refractivity contribution in [1.82, 2.24) is 9.88 Å². The van der Waals surface area contributed by atoms with Crippen LogP contribution in [0, 0.1) is 5.82 Å². The Labute approximate surface area is 121 Å². The Balaban J connectivity index is 1.91. The summed E-state index contributed by atoms with van der Waals surface area (Å²) < 4.78 is 19.1. The van der Waals surface area contributed by atoms with Crippen LogP contribution < -0.4 is 4.90 Å². The predicted octanol–water partition coefficient (Wildman–Crippen LogP) is 2.87. The average molecular weight is 285 g/mol. The molecule has 0 atom stereocenters. The predicted molar refractivity (Wildman–Crippen MR) is 81.2 cm³/mol. The van der Waals surface area contributed by atoms with E-state index in [-0.39, 0.29) is 5.82 Å². The van der Waals surface area contributed by atoms with Crippen LogP contribution in [-0.4, -0.2) is 43.1 Å². The maximum Gasteiger partial charge on any atom is 0.176 e. The van der Waals surface area contributed by atoms with Gasteiger partial charge in [-0.1, -0.05) is 0 Å². The van der Waals surface area contributed by atoms with Crippen molar-refractivity contribution in [2.75, 3.05) is 38.1 Å². The molecular weight excluding hydrogens is 269 g/mol. The van der Waals surface area contributed by atoms with Crippen LogP contribution in [0.4, 0.5) is 10.2 Å². The Kier molecular flexibility index (Phi) is 2.82. The van der Waals surface area contributed by atoms with Crippen molar-refractivity contribution in [2.24, 2.45) is 0 Å². The highest BCUT2D eigenvalue weighted by atomic mass is 19.1. The fourth-order valence-electron chi connectivity index (χ4n) is 2.91. The molecule has 0 unspecified atom stereocenters. The fraction of sp³-hybridized carbons (Fsp3) is 0.312. The fourth-order valence-corrected chi connectivity index (χ4v) is 2.91. The minimum atomic E-state index is -0.251. The summed E-state index contributed by atoms with van der Waals surface area (Å²) in [6.45, 7) is 3.86. The minimum Gasteiger partial charge on any atom is -0.460 e. The van der Waals surface area contributed by atoms with Gasteiger partial charge in [-0.05, 0) is 31.3 Å². The van der Waals surface area contributed by atoms with Gasteiger partial charge in [-0.3, -0.25) is 0 Å². The van der Waals surface area contributed by atoms with Crippen molar-refractivity contribution >= 4 is 27.7 Å². The normalized spacial score (nSPS) is 17.0. The van der Waals surface area contributed by atoms with Gasteiger partial charge in [0.05, 0.1) is 11.8 Å². The van der Waals surface area contributed by atoms with Gasteiger partial charge in [0, 0.05) is 37.0 Å². The number of fused-ring (bicyclic) bond motifs is 3. The number of aromatic nitrogens is 1. The third-order valence-electron chi connectivity index (χ3n) is 4.15. The van der Waals surface area contributed by atoms with Gasteiger partial charge in [-0.15, -0.1) is 0 Å². The lowest BCUT2D eigenvalue weighted by Crippen LogP contribution is -2.44. The highest BCUT2D eigenvalue weighted by Crippen LogP contribution is 2.32. The smallest absolute Gasteiger partial charge is 0.176 e. The van der Waals surface area contributed by atoms with E-state index in [0.717, 1.165) is 53.9 Å². The first kappa shape index (κ1) is 12.6. The lowest BCUT2D eigenvalue weighted by molar-refractivity contribution is 0.312. The largest absolute Gasteiger partial charge is 0.460 e. The third kappa shape index (κ3) is 2.05. The van der Waals surface area contributed by atoms with Gasteiger partial charge in [0.1, 0.15) is 5.82 Å². The van der Waals surface area contributed by atoms with Crippen molar-refractivity contribution in [3.8, 4) is 0 Å². The number of nitrogens with zero attached hydrogens (tertiary/aromatic N) is 3. The molecule has 108 valence electrons. The van der Waals surface area contributed by atoms with Crippen LogP contribution in [0.1, 0.15) is 0 Å². The SMILES string of the molecule is CN1CCN(c2nc3ccc(F)cc3c3ccoc23)CC1. The van der Waals surface area contributed by atoms with E-state index in [1.165, 1.54) is 12.1 Å². The number of hydrogen-bond acceptors (Lipinski definition) is 4. The van der Waals surface area contributed by atoms with E-state index < -0.39 is 0 Å². The number of pyridine rings is 1. The van der Waals surface area contributed by atoms with E-state index in [9.17, 15) is 4.39 Å². The summed E-state index contributed by atoms with van der Waals surface area (Å²) in [7, 11) is 2.12. The second-order valence-corrected chi connectivity index (χ2v) is 5.55. The summed E-state index contributed by atoms with van der Waals surface area (Å²) in [5.41, 5.74) is 1.55. The highest BCUT2D eigenvalue weighted by molar-refractivity contribution is 6.07. The number of anilines is 1. The lowest BCUT2D eigenvalue weighted by atomic mass is 10.1. The molecular formula is C16H16FN3O. The summed E-state index contributed by atoms with van der Waals surface area (Å²) in [4.78, 5) is 9.25. The summed E-state index contributed by atoms with van der Waals surface area (Å²) in [6.07, 6.45) is 1.65. The molecule has 3 aromatic rings. The van der Waals surface area contributed by atoms with Crippen molar-refractivity contribution in [1.29, 1.82) is 0 Å². The highest BCUT2D eigenvalue weighted by Gasteiger charge is 2.20. The van der Waals surface area contributed by atoms with E-state index in [4.69, 9.17) is 9.40 Å². The van der Waals surface area contributed by atoms with Crippen molar-refractivity contribution in [3.63, 3.8) is 0 Å². The van der Waals surface area contributed by atoms with Gasteiger partial charge < -0.3 is 14.2 Å². The Bertz CT molecular complexity index is 806. The molecule has 0 N–H and O–H groups in total. The lowest BCUT2D eigenvalue weighted by Gasteiger charge is -2.33. The van der Waals surface area contributed by atoms with Crippen LogP contribution >= 0.6 is 0 Å². The molecule has 21 heavy (non-hydrogen) atoms. The van der Waals surface area contributed by atoms with Crippen LogP contribution in [-0.2, 0) is 0 Å². The minimum absolute atomic E-state index is 0.251. The van der Waals surface area contributed by atoms with Crippen LogP contribution in [0.3, 0.4) is 0 Å². The van der Waals surface area contributed by atoms with E-state index in [0.29, 0.717) is 0 Å². The Hall–Kier alpha value is -2.14. The van der Waals surface area contributed by atoms with E-state index >= 15 is 0 Å². The topological polar surface area (TPSA) is 32.5 Å². The van der Waals surface area contributed by atoms with Gasteiger partial charge in [-0.2, -0.15) is 0 Å². The zero-order valence-corrected chi connectivity index (χ0v) is 11.8. The number of rotatable bonds is 1. The van der Waals surface area contributed by atoms with Gasteiger partial charge >= 0.3 is 0 Å². The van der Waals surface area contributed by atoms with Gasteiger partial charge in [0.2, 0.25) is 0 Å². The maximum absolute atomic E-state index is 13.5. The first-order chi connectivity index (χ1) is 10.2. The van der Waals surface area contributed by atoms with Crippen molar-refractivity contribution < 1.29 is 8.81 Å². The monoisotopic (exact) mass is 285 g/mol. The van der Waals surface area contributed by atoms with E-state index in [2.05, 4.69) is 16.8 Å². The zero-order valence-electron chi connectivity index (χ0n) is 11.8. The molecule has 0 saturated carbocycles. The zero-order chi connectivity index (χ0) is 14.4. The van der Waals surface area contributed by atoms with Crippen molar-refractivity contribution in [2.45, 2.75) is 0 Å². The van der Waals surface area contributed by atoms with E-state index in [1.54, 1.807) is 12.3 Å². The van der Waals surface area contributed by atoms with Gasteiger partial charge in [-0.25, -0.2) is 9.37 Å². The first-order valence-electron chi connectivity index (χ1n) is 7.12. The second kappa shape index (κ2) is 4.70. The molecule has 5 heteroatoms. The number of hydrogen-bond donors (Lipinski definition) is 0. The summed E-state index contributed by atoms with van der Waals surface area (Å²) in [6, 6.07) is 6.60. The maximum atomic E-state index is 13.5. The van der Waals surface area contributed by atoms with Crippen LogP contribution in [0.15, 0.2) is 34.9 Å². The average Bonchev–Trinajstić information content (AvgIpc) is 2.97. The Morgan fingerprint density at radius 2 is 1.90 bits per heavy atom. The number of benzene rings is 1. The molecule has 4 nitrogen and oxygen atoms in total. The molecule has 0 amide bonds. The Morgan fingerprint density at radius 3 is 2.71 bits per heavy atom. The molecule has 1 aliphatic heterocycles. The van der Waals surface area contributed by atoms with Crippen LogP contribution in [0.5, 0.6) is 0 Å². The summed E-state index contributed by atoms with van der Waals surface area (Å²) in [5, 5.41) is 1.73. The molecule has 4 rings (SSSR count). The summed E-state index contributed by atoms with van der Waals surface area (Å²) in [5.74, 6) is 0.612.